The first kappa shape index (κ1) is 14.4. The highest BCUT2D eigenvalue weighted by Crippen LogP contribution is 2.20. The fraction of sp³-hybridized carbons (Fsp3) is 0.900. The van der Waals surface area contributed by atoms with E-state index in [9.17, 15) is 4.79 Å². The van der Waals surface area contributed by atoms with Crippen LogP contribution in [-0.4, -0.2) is 30.0 Å². The molecule has 0 radical (unpaired) electrons. The normalized spacial score (nSPS) is 13.2. The molecule has 0 aromatic rings. The molecule has 0 aliphatic heterocycles. The number of azo groups is 1. The molecule has 0 unspecified atom stereocenters. The van der Waals surface area contributed by atoms with Gasteiger partial charge < -0.3 is 4.74 Å². The van der Waals surface area contributed by atoms with Crippen LogP contribution in [-0.2, 0) is 9.53 Å². The van der Waals surface area contributed by atoms with Gasteiger partial charge in [-0.05, 0) is 27.7 Å². The maximum Gasteiger partial charge on any atom is 0.308 e. The number of nitrogens with zero attached hydrogens (tertiary/aromatic N) is 2. The monoisotopic (exact) mass is 234 g/mol. The Hall–Kier alpha value is -0.640. The third-order valence-electron chi connectivity index (χ3n) is 1.72. The van der Waals surface area contributed by atoms with Crippen molar-refractivity contribution in [3.63, 3.8) is 0 Å². The zero-order chi connectivity index (χ0) is 12.1. The molecule has 0 saturated carbocycles. The molecule has 0 heterocycles. The maximum absolute atomic E-state index is 11.1. The van der Waals surface area contributed by atoms with E-state index in [0.29, 0.717) is 5.88 Å². The predicted molar refractivity (Wildman–Crippen MR) is 60.4 cm³/mol. The molecule has 4 nitrogen and oxygen atoms in total. The summed E-state index contributed by atoms with van der Waals surface area (Å²) in [5.74, 6) is 0.104. The molecule has 0 atom stereocenters. The number of ether oxygens (including phenoxy) is 1. The van der Waals surface area contributed by atoms with Crippen molar-refractivity contribution in [3.05, 3.63) is 0 Å². The SMILES string of the molecule is COC(=O)CC(C)(C)N=NC(C)(C)CCl. The molecule has 5 heteroatoms. The second-order valence-electron chi connectivity index (χ2n) is 4.71. The van der Waals surface area contributed by atoms with Crippen LogP contribution in [0.2, 0.25) is 0 Å². The zero-order valence-corrected chi connectivity index (χ0v) is 10.8. The minimum absolute atomic E-state index is 0.214. The third-order valence-corrected chi connectivity index (χ3v) is 2.38. The summed E-state index contributed by atoms with van der Waals surface area (Å²) in [7, 11) is 1.36. The smallest absolute Gasteiger partial charge is 0.308 e. The van der Waals surface area contributed by atoms with Gasteiger partial charge in [-0.1, -0.05) is 0 Å². The van der Waals surface area contributed by atoms with Gasteiger partial charge in [0, 0.05) is 5.88 Å². The zero-order valence-electron chi connectivity index (χ0n) is 10.0. The van der Waals surface area contributed by atoms with E-state index in [4.69, 9.17) is 11.6 Å². The number of carbonyl (C=O) groups excluding carboxylic acids is 1. The van der Waals surface area contributed by atoms with Gasteiger partial charge in [-0.3, -0.25) is 4.79 Å². The average molecular weight is 235 g/mol. The van der Waals surface area contributed by atoms with E-state index in [2.05, 4.69) is 15.0 Å². The molecule has 0 N–H and O–H groups in total. The number of alkyl halides is 1. The van der Waals surface area contributed by atoms with Crippen LogP contribution < -0.4 is 0 Å². The van der Waals surface area contributed by atoms with E-state index in [1.54, 1.807) is 0 Å². The van der Waals surface area contributed by atoms with Gasteiger partial charge in [-0.15, -0.1) is 11.6 Å². The molecule has 0 amide bonds. The van der Waals surface area contributed by atoms with E-state index in [-0.39, 0.29) is 12.4 Å². The van der Waals surface area contributed by atoms with Gasteiger partial charge in [0.15, 0.2) is 0 Å². The molecule has 0 aromatic carbocycles. The van der Waals surface area contributed by atoms with Crippen LogP contribution in [0, 0.1) is 0 Å². The van der Waals surface area contributed by atoms with Crippen LogP contribution >= 0.6 is 11.6 Å². The van der Waals surface area contributed by atoms with Gasteiger partial charge in [0.05, 0.1) is 24.6 Å². The minimum atomic E-state index is -0.545. The highest BCUT2D eigenvalue weighted by Gasteiger charge is 2.24. The lowest BCUT2D eigenvalue weighted by Gasteiger charge is -2.20. The van der Waals surface area contributed by atoms with Crippen molar-refractivity contribution in [2.45, 2.75) is 45.2 Å². The Kier molecular flexibility index (Phi) is 5.21. The molecule has 0 saturated heterocycles. The van der Waals surface area contributed by atoms with Crippen molar-refractivity contribution in [2.24, 2.45) is 10.2 Å². The Morgan fingerprint density at radius 2 is 1.67 bits per heavy atom. The number of halogens is 1. The topological polar surface area (TPSA) is 51.0 Å². The summed E-state index contributed by atoms with van der Waals surface area (Å²) >= 11 is 5.71. The number of methoxy groups -OCH3 is 1. The highest BCUT2D eigenvalue weighted by atomic mass is 35.5. The van der Waals surface area contributed by atoms with Crippen molar-refractivity contribution >= 4 is 17.6 Å². The molecule has 0 aliphatic carbocycles. The summed E-state index contributed by atoms with van der Waals surface area (Å²) in [5.41, 5.74) is -0.939. The minimum Gasteiger partial charge on any atom is -0.469 e. The molecule has 0 spiro atoms. The number of hydrogen-bond donors (Lipinski definition) is 0. The van der Waals surface area contributed by atoms with Gasteiger partial charge in [-0.25, -0.2) is 0 Å². The van der Waals surface area contributed by atoms with Crippen LogP contribution in [0.1, 0.15) is 34.1 Å². The van der Waals surface area contributed by atoms with Crippen LogP contribution in [0.5, 0.6) is 0 Å². The summed E-state index contributed by atoms with van der Waals surface area (Å²) in [4.78, 5) is 11.1. The Morgan fingerprint density at radius 3 is 2.07 bits per heavy atom. The summed E-state index contributed by atoms with van der Waals surface area (Å²) < 4.78 is 4.58. The summed E-state index contributed by atoms with van der Waals surface area (Å²) in [6.45, 7) is 7.44. The van der Waals surface area contributed by atoms with Gasteiger partial charge >= 0.3 is 5.97 Å². The fourth-order valence-corrected chi connectivity index (χ4v) is 0.812. The van der Waals surface area contributed by atoms with Crippen LogP contribution in [0.25, 0.3) is 0 Å². The molecule has 0 rings (SSSR count). The molecule has 0 aliphatic rings. The Balaban J connectivity index is 4.43. The van der Waals surface area contributed by atoms with Gasteiger partial charge in [0.2, 0.25) is 0 Å². The van der Waals surface area contributed by atoms with Crippen molar-refractivity contribution in [3.8, 4) is 0 Å². The fourth-order valence-electron chi connectivity index (χ4n) is 0.758. The quantitative estimate of drug-likeness (QED) is 0.417. The molecule has 0 bridgehead atoms. The lowest BCUT2D eigenvalue weighted by atomic mass is 10.0. The van der Waals surface area contributed by atoms with Crippen molar-refractivity contribution in [1.29, 1.82) is 0 Å². The molecule has 0 fully saturated rings. The van der Waals surface area contributed by atoms with Gasteiger partial charge in [0.1, 0.15) is 0 Å². The lowest BCUT2D eigenvalue weighted by Crippen LogP contribution is -2.25. The molecular formula is C10H19ClN2O2. The van der Waals surface area contributed by atoms with Crippen molar-refractivity contribution < 1.29 is 9.53 Å². The largest absolute Gasteiger partial charge is 0.469 e. The van der Waals surface area contributed by atoms with Gasteiger partial charge in [0.25, 0.3) is 0 Å². The highest BCUT2D eigenvalue weighted by molar-refractivity contribution is 6.18. The second kappa shape index (κ2) is 5.45. The van der Waals surface area contributed by atoms with E-state index in [0.717, 1.165) is 0 Å². The lowest BCUT2D eigenvalue weighted by molar-refractivity contribution is -0.141. The first-order valence-corrected chi connectivity index (χ1v) is 5.33. The first-order chi connectivity index (χ1) is 6.72. The van der Waals surface area contributed by atoms with Crippen LogP contribution in [0.4, 0.5) is 0 Å². The van der Waals surface area contributed by atoms with Crippen molar-refractivity contribution in [2.75, 3.05) is 13.0 Å². The van der Waals surface area contributed by atoms with E-state index >= 15 is 0 Å². The molecule has 0 aromatic heterocycles. The number of rotatable bonds is 5. The summed E-state index contributed by atoms with van der Waals surface area (Å²) in [5, 5.41) is 8.25. The van der Waals surface area contributed by atoms with Gasteiger partial charge in [-0.2, -0.15) is 10.2 Å². The van der Waals surface area contributed by atoms with Crippen LogP contribution in [0.3, 0.4) is 0 Å². The summed E-state index contributed by atoms with van der Waals surface area (Å²) in [6, 6.07) is 0. The Labute approximate surface area is 96.0 Å². The van der Waals surface area contributed by atoms with E-state index in [1.165, 1.54) is 7.11 Å². The standard InChI is InChI=1S/C10H19ClN2O2/c1-9(2,6-8(14)15-5)12-13-10(3,4)7-11/h6-7H2,1-5H3. The Bertz CT molecular complexity index is 250. The molecular weight excluding hydrogens is 216 g/mol. The summed E-state index contributed by atoms with van der Waals surface area (Å²) in [6.07, 6.45) is 0.214. The third kappa shape index (κ3) is 6.44. The number of hydrogen-bond acceptors (Lipinski definition) is 4. The molecule has 15 heavy (non-hydrogen) atoms. The van der Waals surface area contributed by atoms with E-state index in [1.807, 2.05) is 27.7 Å². The predicted octanol–water partition coefficient (Wildman–Crippen LogP) is 2.80. The van der Waals surface area contributed by atoms with Crippen LogP contribution in [0.15, 0.2) is 10.2 Å². The molecule has 88 valence electrons. The maximum atomic E-state index is 11.1. The van der Waals surface area contributed by atoms with Crippen molar-refractivity contribution in [1.82, 2.24) is 0 Å². The van der Waals surface area contributed by atoms with E-state index < -0.39 is 11.1 Å². The number of esters is 1. The number of carbonyl (C=O) groups is 1. The Morgan fingerprint density at radius 1 is 1.20 bits per heavy atom. The second-order valence-corrected chi connectivity index (χ2v) is 4.98. The first-order valence-electron chi connectivity index (χ1n) is 4.79. The average Bonchev–Trinajstić information content (AvgIpc) is 2.14.